The molecule has 0 bridgehead atoms. The number of aromatic nitrogens is 2. The third-order valence-electron chi connectivity index (χ3n) is 1.68. The molecule has 0 aliphatic carbocycles. The molecule has 0 unspecified atom stereocenters. The minimum absolute atomic E-state index is 0.540. The van der Waals surface area contributed by atoms with Crippen LogP contribution in [-0.4, -0.2) is 22.4 Å². The highest BCUT2D eigenvalue weighted by Crippen LogP contribution is 1.98. The molecule has 0 atom stereocenters. The molecule has 72 valence electrons. The van der Waals surface area contributed by atoms with E-state index in [0.717, 1.165) is 12.1 Å². The molecular weight excluding hydrogens is 162 g/mol. The number of nitrogens with zero attached hydrogens (tertiary/aromatic N) is 2. The Labute approximate surface area is 79.5 Å². The Hall–Kier alpha value is -1.09. The van der Waals surface area contributed by atoms with Gasteiger partial charge in [0.15, 0.2) is 0 Å². The Morgan fingerprint density at radius 1 is 1.62 bits per heavy atom. The molecule has 1 heterocycles. The maximum atomic E-state index is 4.08. The highest BCUT2D eigenvalue weighted by atomic mass is 15.2. The van der Waals surface area contributed by atoms with Crippen molar-refractivity contribution in [2.24, 2.45) is 7.05 Å². The van der Waals surface area contributed by atoms with Crippen LogP contribution in [0.25, 0.3) is 6.08 Å². The summed E-state index contributed by atoms with van der Waals surface area (Å²) in [5, 5.41) is 7.38. The van der Waals surface area contributed by atoms with Crippen LogP contribution in [0.2, 0.25) is 0 Å². The molecule has 0 aliphatic heterocycles. The van der Waals surface area contributed by atoms with E-state index in [-0.39, 0.29) is 0 Å². The van der Waals surface area contributed by atoms with Crippen LogP contribution in [-0.2, 0) is 7.05 Å². The molecule has 0 saturated heterocycles. The molecule has 1 aromatic rings. The second-order valence-electron chi connectivity index (χ2n) is 3.41. The van der Waals surface area contributed by atoms with E-state index in [4.69, 9.17) is 0 Å². The van der Waals surface area contributed by atoms with E-state index in [1.54, 1.807) is 4.68 Å². The van der Waals surface area contributed by atoms with E-state index in [0.29, 0.717) is 6.04 Å². The normalized spacial score (nSPS) is 11.7. The lowest BCUT2D eigenvalue weighted by molar-refractivity contribution is 0.633. The Balaban J connectivity index is 2.32. The van der Waals surface area contributed by atoms with Gasteiger partial charge in [-0.15, -0.1) is 0 Å². The van der Waals surface area contributed by atoms with Crippen LogP contribution in [0.1, 0.15) is 19.4 Å². The molecule has 3 heteroatoms. The van der Waals surface area contributed by atoms with Crippen LogP contribution >= 0.6 is 0 Å². The highest BCUT2D eigenvalue weighted by Gasteiger charge is 1.89. The number of rotatable bonds is 4. The van der Waals surface area contributed by atoms with Crippen molar-refractivity contribution in [3.63, 3.8) is 0 Å². The second kappa shape index (κ2) is 4.82. The molecule has 0 amide bonds. The van der Waals surface area contributed by atoms with Crippen LogP contribution in [0.15, 0.2) is 18.5 Å². The lowest BCUT2D eigenvalue weighted by Gasteiger charge is -2.02. The van der Waals surface area contributed by atoms with Crippen LogP contribution < -0.4 is 5.32 Å². The molecule has 1 rings (SSSR count). The number of hydrogen-bond acceptors (Lipinski definition) is 2. The van der Waals surface area contributed by atoms with Gasteiger partial charge in [-0.2, -0.15) is 5.10 Å². The standard InChI is InChI=1S/C10H17N3/c1-9(2)11-6-4-5-10-7-12-13(3)8-10/h4-5,7-9,11H,6H2,1-3H3. The second-order valence-corrected chi connectivity index (χ2v) is 3.41. The van der Waals surface area contributed by atoms with Gasteiger partial charge in [0.05, 0.1) is 6.20 Å². The quantitative estimate of drug-likeness (QED) is 0.757. The van der Waals surface area contributed by atoms with Crippen LogP contribution in [0, 0.1) is 0 Å². The molecule has 0 saturated carbocycles. The Morgan fingerprint density at radius 2 is 2.38 bits per heavy atom. The Morgan fingerprint density at radius 3 is 2.92 bits per heavy atom. The first-order valence-electron chi connectivity index (χ1n) is 4.57. The largest absolute Gasteiger partial charge is 0.311 e. The lowest BCUT2D eigenvalue weighted by Crippen LogP contribution is -2.22. The first-order valence-corrected chi connectivity index (χ1v) is 4.57. The fraction of sp³-hybridized carbons (Fsp3) is 0.500. The summed E-state index contributed by atoms with van der Waals surface area (Å²) < 4.78 is 1.80. The molecule has 0 spiro atoms. The van der Waals surface area contributed by atoms with Crippen molar-refractivity contribution in [2.45, 2.75) is 19.9 Å². The average molecular weight is 179 g/mol. The van der Waals surface area contributed by atoms with Crippen LogP contribution in [0.4, 0.5) is 0 Å². The Kier molecular flexibility index (Phi) is 3.71. The predicted octanol–water partition coefficient (Wildman–Crippen LogP) is 1.43. The van der Waals surface area contributed by atoms with E-state index in [2.05, 4.69) is 36.4 Å². The minimum atomic E-state index is 0.540. The summed E-state index contributed by atoms with van der Waals surface area (Å²) in [5.74, 6) is 0. The van der Waals surface area contributed by atoms with Crippen molar-refractivity contribution in [3.8, 4) is 0 Å². The summed E-state index contributed by atoms with van der Waals surface area (Å²) in [5.41, 5.74) is 1.15. The van der Waals surface area contributed by atoms with E-state index in [1.807, 2.05) is 19.4 Å². The molecule has 1 N–H and O–H groups in total. The fourth-order valence-corrected chi connectivity index (χ4v) is 1.02. The minimum Gasteiger partial charge on any atom is -0.311 e. The number of nitrogens with one attached hydrogen (secondary N) is 1. The van der Waals surface area contributed by atoms with Gasteiger partial charge in [-0.05, 0) is 0 Å². The first-order chi connectivity index (χ1) is 6.18. The number of hydrogen-bond donors (Lipinski definition) is 1. The molecule has 3 nitrogen and oxygen atoms in total. The SMILES string of the molecule is CC(C)NCC=Cc1cnn(C)c1. The molecule has 0 aromatic carbocycles. The summed E-state index contributed by atoms with van der Waals surface area (Å²) in [6.45, 7) is 5.18. The van der Waals surface area contributed by atoms with Gasteiger partial charge in [-0.25, -0.2) is 0 Å². The van der Waals surface area contributed by atoms with Crippen molar-refractivity contribution >= 4 is 6.08 Å². The molecule has 1 aromatic heterocycles. The molecule has 0 radical (unpaired) electrons. The third-order valence-corrected chi connectivity index (χ3v) is 1.68. The van der Waals surface area contributed by atoms with Crippen molar-refractivity contribution in [3.05, 3.63) is 24.0 Å². The van der Waals surface area contributed by atoms with Crippen molar-refractivity contribution in [1.82, 2.24) is 15.1 Å². The first kappa shape index (κ1) is 9.99. The van der Waals surface area contributed by atoms with Gasteiger partial charge in [-0.1, -0.05) is 26.0 Å². The van der Waals surface area contributed by atoms with Crippen molar-refractivity contribution < 1.29 is 0 Å². The van der Waals surface area contributed by atoms with Gasteiger partial charge < -0.3 is 5.32 Å². The van der Waals surface area contributed by atoms with Gasteiger partial charge in [0.1, 0.15) is 0 Å². The van der Waals surface area contributed by atoms with Crippen LogP contribution in [0.3, 0.4) is 0 Å². The van der Waals surface area contributed by atoms with E-state index in [9.17, 15) is 0 Å². The third kappa shape index (κ3) is 3.90. The molecule has 0 aliphatic rings. The van der Waals surface area contributed by atoms with E-state index < -0.39 is 0 Å². The van der Waals surface area contributed by atoms with E-state index >= 15 is 0 Å². The smallest absolute Gasteiger partial charge is 0.0562 e. The summed E-state index contributed by atoms with van der Waals surface area (Å²) in [6.07, 6.45) is 8.02. The maximum Gasteiger partial charge on any atom is 0.0562 e. The zero-order valence-corrected chi connectivity index (χ0v) is 8.49. The lowest BCUT2D eigenvalue weighted by atomic mass is 10.3. The zero-order chi connectivity index (χ0) is 9.68. The van der Waals surface area contributed by atoms with Crippen molar-refractivity contribution in [1.29, 1.82) is 0 Å². The van der Waals surface area contributed by atoms with Gasteiger partial charge >= 0.3 is 0 Å². The van der Waals surface area contributed by atoms with Crippen LogP contribution in [0.5, 0.6) is 0 Å². The highest BCUT2D eigenvalue weighted by molar-refractivity contribution is 5.46. The van der Waals surface area contributed by atoms with Crippen molar-refractivity contribution in [2.75, 3.05) is 6.54 Å². The molecule has 13 heavy (non-hydrogen) atoms. The average Bonchev–Trinajstić information content (AvgIpc) is 2.45. The summed E-state index contributed by atoms with van der Waals surface area (Å²) in [6, 6.07) is 0.540. The summed E-state index contributed by atoms with van der Waals surface area (Å²) >= 11 is 0. The zero-order valence-electron chi connectivity index (χ0n) is 8.49. The maximum absolute atomic E-state index is 4.08. The summed E-state index contributed by atoms with van der Waals surface area (Å²) in [4.78, 5) is 0. The predicted molar refractivity (Wildman–Crippen MR) is 55.4 cm³/mol. The monoisotopic (exact) mass is 179 g/mol. The van der Waals surface area contributed by atoms with Gasteiger partial charge in [-0.3, -0.25) is 4.68 Å². The van der Waals surface area contributed by atoms with E-state index in [1.165, 1.54) is 0 Å². The van der Waals surface area contributed by atoms with Gasteiger partial charge in [0.2, 0.25) is 0 Å². The topological polar surface area (TPSA) is 29.9 Å². The fourth-order valence-electron chi connectivity index (χ4n) is 1.02. The van der Waals surface area contributed by atoms with Gasteiger partial charge in [0, 0.05) is 31.4 Å². The number of aryl methyl sites for hydroxylation is 1. The Bertz CT molecular complexity index is 273. The molecular formula is C10H17N3. The molecule has 0 fully saturated rings. The van der Waals surface area contributed by atoms with Gasteiger partial charge in [0.25, 0.3) is 0 Å². The summed E-state index contributed by atoms with van der Waals surface area (Å²) in [7, 11) is 1.92.